The molecule has 0 spiro atoms. The van der Waals surface area contributed by atoms with Crippen LogP contribution in [0.5, 0.6) is 0 Å². The van der Waals surface area contributed by atoms with Crippen LogP contribution in [0.4, 0.5) is 0 Å². The van der Waals surface area contributed by atoms with Crippen molar-refractivity contribution in [3.8, 4) is 0 Å². The highest BCUT2D eigenvalue weighted by Crippen LogP contribution is 2.56. The van der Waals surface area contributed by atoms with Gasteiger partial charge in [0.05, 0.1) is 4.32 Å². The minimum Gasteiger partial charge on any atom is -0.350 e. The summed E-state index contributed by atoms with van der Waals surface area (Å²) in [5, 5.41) is 2.86. The Morgan fingerprint density at radius 1 is 1.35 bits per heavy atom. The topological polar surface area (TPSA) is 49.4 Å². The number of benzene rings is 1. The number of halogens is 3. The Balaban J connectivity index is 1.75. The zero-order valence-electron chi connectivity index (χ0n) is 12.3. The van der Waals surface area contributed by atoms with Crippen molar-refractivity contribution in [2.24, 2.45) is 0 Å². The largest absolute Gasteiger partial charge is 0.350 e. The predicted octanol–water partition coefficient (Wildman–Crippen LogP) is 3.23. The lowest BCUT2D eigenvalue weighted by atomic mass is 9.96. The lowest BCUT2D eigenvalue weighted by Gasteiger charge is -2.58. The molecule has 3 rings (SSSR count). The summed E-state index contributed by atoms with van der Waals surface area (Å²) in [4.78, 5) is 26.8. The molecule has 1 aromatic carbocycles. The zero-order valence-corrected chi connectivity index (χ0v) is 17.8. The first-order chi connectivity index (χ1) is 10.7. The van der Waals surface area contributed by atoms with E-state index in [2.05, 4.69) is 53.1 Å². The first-order valence-electron chi connectivity index (χ1n) is 7.08. The van der Waals surface area contributed by atoms with Gasteiger partial charge < -0.3 is 10.2 Å². The summed E-state index contributed by atoms with van der Waals surface area (Å²) >= 11 is 12.1. The second kappa shape index (κ2) is 6.35. The molecular formula is C15H15Br3N2O2S. The number of fused-ring (bicyclic) bond motifs is 1. The lowest BCUT2D eigenvalue weighted by Crippen LogP contribution is -2.77. The van der Waals surface area contributed by atoms with Gasteiger partial charge in [0.1, 0.15) is 11.4 Å². The summed E-state index contributed by atoms with van der Waals surface area (Å²) in [7, 11) is 0. The van der Waals surface area contributed by atoms with Crippen LogP contribution in [0.2, 0.25) is 0 Å². The van der Waals surface area contributed by atoms with Crippen LogP contribution in [0.1, 0.15) is 12.5 Å². The number of amides is 2. The van der Waals surface area contributed by atoms with Gasteiger partial charge in [-0.15, -0.1) is 11.8 Å². The van der Waals surface area contributed by atoms with Gasteiger partial charge in [0, 0.05) is 12.3 Å². The second-order valence-corrected chi connectivity index (χ2v) is 12.3. The molecule has 0 aromatic heterocycles. The van der Waals surface area contributed by atoms with Crippen LogP contribution < -0.4 is 5.32 Å². The van der Waals surface area contributed by atoms with Gasteiger partial charge in [0.2, 0.25) is 5.91 Å². The molecule has 0 radical (unpaired) electrons. The van der Waals surface area contributed by atoms with Gasteiger partial charge in [-0.2, -0.15) is 0 Å². The molecule has 124 valence electrons. The Morgan fingerprint density at radius 3 is 2.65 bits per heavy atom. The average molecular weight is 527 g/mol. The number of thioether (sulfide) groups is 1. The van der Waals surface area contributed by atoms with Crippen LogP contribution in [0.15, 0.2) is 30.3 Å². The number of carbonyl (C=O) groups excluding carboxylic acids is 2. The van der Waals surface area contributed by atoms with Crippen LogP contribution >= 0.6 is 59.6 Å². The van der Waals surface area contributed by atoms with Crippen LogP contribution in [-0.2, 0) is 16.1 Å². The van der Waals surface area contributed by atoms with E-state index in [9.17, 15) is 9.59 Å². The molecule has 2 aliphatic heterocycles. The highest BCUT2D eigenvalue weighted by atomic mass is 79.9. The number of rotatable bonds is 3. The number of nitrogens with zero attached hydrogens (tertiary/aromatic N) is 1. The molecule has 3 atom stereocenters. The first-order valence-corrected chi connectivity index (χ1v) is 10.5. The fourth-order valence-electron chi connectivity index (χ4n) is 2.82. The van der Waals surface area contributed by atoms with Crippen molar-refractivity contribution in [2.45, 2.75) is 32.4 Å². The smallest absolute Gasteiger partial charge is 0.255 e. The minimum absolute atomic E-state index is 0.0897. The van der Waals surface area contributed by atoms with E-state index >= 15 is 0 Å². The summed E-state index contributed by atoms with van der Waals surface area (Å²) in [6.45, 7) is 2.41. The molecule has 2 aliphatic rings. The maximum absolute atomic E-state index is 12.8. The van der Waals surface area contributed by atoms with Crippen molar-refractivity contribution in [3.63, 3.8) is 0 Å². The fourth-order valence-corrected chi connectivity index (χ4v) is 6.62. The number of nitrogens with one attached hydrogen (secondary N) is 1. The van der Waals surface area contributed by atoms with Crippen LogP contribution in [-0.4, -0.2) is 41.4 Å². The highest BCUT2D eigenvalue weighted by molar-refractivity contribution is 9.26. The molecule has 1 aromatic rings. The summed E-state index contributed by atoms with van der Waals surface area (Å²) in [5.41, 5.74) is 1.03. The van der Waals surface area contributed by atoms with Gasteiger partial charge in [0.25, 0.3) is 5.91 Å². The number of β-lactam (4-membered cyclic amide) rings is 1. The third kappa shape index (κ3) is 3.12. The molecule has 2 amide bonds. The van der Waals surface area contributed by atoms with Crippen LogP contribution in [0.3, 0.4) is 0 Å². The van der Waals surface area contributed by atoms with E-state index in [4.69, 9.17) is 0 Å². The van der Waals surface area contributed by atoms with Crippen LogP contribution in [0.25, 0.3) is 0 Å². The second-order valence-electron chi connectivity index (χ2n) is 5.88. The number of hydrogen-bond donors (Lipinski definition) is 1. The van der Waals surface area contributed by atoms with Gasteiger partial charge in [-0.25, -0.2) is 0 Å². The fraction of sp³-hybridized carbons (Fsp3) is 0.467. The van der Waals surface area contributed by atoms with E-state index in [1.165, 1.54) is 0 Å². The van der Waals surface area contributed by atoms with E-state index in [1.54, 1.807) is 16.7 Å². The molecule has 2 saturated heterocycles. The molecule has 4 nitrogen and oxygen atoms in total. The van der Waals surface area contributed by atoms with Gasteiger partial charge in [-0.1, -0.05) is 78.1 Å². The average Bonchev–Trinajstić information content (AvgIpc) is 2.52. The number of carbonyl (C=O) groups is 2. The van der Waals surface area contributed by atoms with E-state index in [0.717, 1.165) is 11.3 Å². The van der Waals surface area contributed by atoms with Crippen molar-refractivity contribution in [1.29, 1.82) is 0 Å². The van der Waals surface area contributed by atoms with E-state index in [0.29, 0.717) is 6.54 Å². The molecule has 1 N–H and O–H groups in total. The maximum Gasteiger partial charge on any atom is 0.255 e. The Labute approximate surface area is 164 Å². The Kier molecular flexibility index (Phi) is 4.90. The Hall–Kier alpha value is -0.0500. The molecule has 23 heavy (non-hydrogen) atoms. The third-order valence-electron chi connectivity index (χ3n) is 4.01. The van der Waals surface area contributed by atoms with E-state index in [1.807, 2.05) is 37.3 Å². The molecule has 1 unspecified atom stereocenters. The van der Waals surface area contributed by atoms with Gasteiger partial charge >= 0.3 is 0 Å². The van der Waals surface area contributed by atoms with Crippen LogP contribution in [0, 0.1) is 0 Å². The molecule has 8 heteroatoms. The minimum atomic E-state index is -0.758. The molecule has 2 fully saturated rings. The predicted molar refractivity (Wildman–Crippen MR) is 103 cm³/mol. The molecular weight excluding hydrogens is 512 g/mol. The molecule has 0 saturated carbocycles. The summed E-state index contributed by atoms with van der Waals surface area (Å²) in [5.74, 6) is 0.492. The lowest BCUT2D eigenvalue weighted by molar-refractivity contribution is -0.152. The summed E-state index contributed by atoms with van der Waals surface area (Å²) in [6, 6.07) is 9.20. The van der Waals surface area contributed by atoms with Gasteiger partial charge in [-0.05, 0) is 12.5 Å². The van der Waals surface area contributed by atoms with Crippen molar-refractivity contribution in [2.75, 3.05) is 5.75 Å². The summed E-state index contributed by atoms with van der Waals surface area (Å²) in [6.07, 6.45) is 0. The molecule has 2 heterocycles. The van der Waals surface area contributed by atoms with Crippen molar-refractivity contribution >= 4 is 71.4 Å². The zero-order chi connectivity index (χ0) is 16.8. The SMILES string of the molecule is C[C@@]1(Br)CS[C@@H]2N(C(=O)C2(Br)Br)C1C(=O)NCc1ccccc1. The monoisotopic (exact) mass is 524 g/mol. The quantitative estimate of drug-likeness (QED) is 0.486. The van der Waals surface area contributed by atoms with Crippen molar-refractivity contribution < 1.29 is 9.59 Å². The third-order valence-corrected chi connectivity index (χ3v) is 8.91. The van der Waals surface area contributed by atoms with Crippen molar-refractivity contribution in [1.82, 2.24) is 10.2 Å². The van der Waals surface area contributed by atoms with Gasteiger partial charge in [-0.3, -0.25) is 9.59 Å². The number of alkyl halides is 3. The summed E-state index contributed by atoms with van der Waals surface area (Å²) < 4.78 is -1.22. The van der Waals surface area contributed by atoms with E-state index in [-0.39, 0.29) is 17.2 Å². The molecule has 0 bridgehead atoms. The Bertz CT molecular complexity index is 639. The standard InChI is InChI=1S/C15H15Br3N2O2S/c1-14(16)8-23-13-15(17,18)12(22)20(13)10(14)11(21)19-7-9-5-3-2-4-6-9/h2-6,10,13H,7-8H2,1H3,(H,19,21)/t10?,13-,14+/m0/s1. The van der Waals surface area contributed by atoms with Crippen molar-refractivity contribution in [3.05, 3.63) is 35.9 Å². The highest BCUT2D eigenvalue weighted by Gasteiger charge is 2.66. The van der Waals surface area contributed by atoms with E-state index < -0.39 is 13.6 Å². The number of hydrogen-bond acceptors (Lipinski definition) is 3. The molecule has 0 aliphatic carbocycles. The van der Waals surface area contributed by atoms with Gasteiger partial charge in [0.15, 0.2) is 3.23 Å². The maximum atomic E-state index is 12.8. The first kappa shape index (κ1) is 17.8. The normalized spacial score (nSPS) is 32.0. The Morgan fingerprint density at radius 2 is 2.00 bits per heavy atom.